The van der Waals surface area contributed by atoms with Crippen LogP contribution < -0.4 is 11.4 Å². The fourth-order valence-electron chi connectivity index (χ4n) is 2.62. The third-order valence-electron chi connectivity index (χ3n) is 4.01. The number of hydrogen-bond acceptors (Lipinski definition) is 6. The monoisotopic (exact) mass is 424 g/mol. The van der Waals surface area contributed by atoms with Crippen LogP contribution in [-0.2, 0) is 19.6 Å². The van der Waals surface area contributed by atoms with Crippen molar-refractivity contribution in [3.8, 4) is 0 Å². The van der Waals surface area contributed by atoms with Gasteiger partial charge in [0, 0.05) is 11.6 Å². The van der Waals surface area contributed by atoms with Gasteiger partial charge in [0.25, 0.3) is 0 Å². The van der Waals surface area contributed by atoms with Gasteiger partial charge in [-0.25, -0.2) is 37.0 Å². The zero-order valence-electron chi connectivity index (χ0n) is 15.2. The van der Waals surface area contributed by atoms with Gasteiger partial charge in [0.05, 0.1) is 19.6 Å². The van der Waals surface area contributed by atoms with E-state index in [-0.39, 0.29) is 17.3 Å². The van der Waals surface area contributed by atoms with E-state index in [1.807, 2.05) is 0 Å². The van der Waals surface area contributed by atoms with Crippen molar-refractivity contribution in [3.63, 3.8) is 0 Å². The molecule has 0 fully saturated rings. The molecule has 152 valence electrons. The number of aromatic nitrogens is 6. The molecule has 0 spiro atoms. The lowest BCUT2D eigenvalue weighted by Crippen LogP contribution is -2.43. The second kappa shape index (κ2) is 8.47. The van der Waals surface area contributed by atoms with Gasteiger partial charge < -0.3 is 0 Å². The molecule has 0 saturated heterocycles. The van der Waals surface area contributed by atoms with Crippen molar-refractivity contribution in [2.24, 2.45) is 0 Å². The minimum Gasteiger partial charge on any atom is -0.268 e. The summed E-state index contributed by atoms with van der Waals surface area (Å²) >= 11 is 0.986. The Morgan fingerprint density at radius 3 is 2.52 bits per heavy atom. The lowest BCUT2D eigenvalue weighted by atomic mass is 10.2. The normalized spacial score (nSPS) is 11.0. The topological polar surface area (TPSA) is 87.6 Å². The summed E-state index contributed by atoms with van der Waals surface area (Å²) in [6.45, 7) is 3.24. The lowest BCUT2D eigenvalue weighted by Gasteiger charge is -2.14. The summed E-state index contributed by atoms with van der Waals surface area (Å²) < 4.78 is 44.0. The van der Waals surface area contributed by atoms with E-state index >= 15 is 0 Å². The van der Waals surface area contributed by atoms with Gasteiger partial charge in [-0.2, -0.15) is 10.1 Å². The molecule has 0 radical (unpaired) electrons. The Bertz CT molecular complexity index is 1190. The van der Waals surface area contributed by atoms with Crippen LogP contribution in [0.25, 0.3) is 0 Å². The molecule has 0 unspecified atom stereocenters. The average Bonchev–Trinajstić information content (AvgIpc) is 3.12. The van der Waals surface area contributed by atoms with Crippen molar-refractivity contribution >= 4 is 11.8 Å². The molecule has 0 aliphatic carbocycles. The van der Waals surface area contributed by atoms with Crippen molar-refractivity contribution in [2.45, 2.75) is 24.8 Å². The molecule has 8 nitrogen and oxygen atoms in total. The summed E-state index contributed by atoms with van der Waals surface area (Å²) in [5, 5.41) is 3.98. The van der Waals surface area contributed by atoms with Crippen LogP contribution in [-0.4, -0.2) is 35.1 Å². The van der Waals surface area contributed by atoms with Gasteiger partial charge in [-0.15, -0.1) is 6.58 Å². The molecule has 2 aromatic heterocycles. The quantitative estimate of drug-likeness (QED) is 0.324. The first-order chi connectivity index (χ1) is 13.8. The molecule has 0 atom stereocenters. The summed E-state index contributed by atoms with van der Waals surface area (Å²) in [6.07, 6.45) is 4.41. The molecule has 2 heterocycles. The predicted octanol–water partition coefficient (Wildman–Crippen LogP) is 1.42. The van der Waals surface area contributed by atoms with Gasteiger partial charge in [-0.05, 0) is 12.3 Å². The van der Waals surface area contributed by atoms with Gasteiger partial charge in [-0.3, -0.25) is 4.57 Å². The zero-order chi connectivity index (χ0) is 21.1. The van der Waals surface area contributed by atoms with E-state index in [9.17, 15) is 22.8 Å². The summed E-state index contributed by atoms with van der Waals surface area (Å²) in [5.74, 6) is -3.30. The number of nitrogens with zero attached hydrogens (tertiary/aromatic N) is 6. The van der Waals surface area contributed by atoms with Gasteiger partial charge in [0.2, 0.25) is 0 Å². The van der Waals surface area contributed by atoms with Crippen LogP contribution >= 0.6 is 11.8 Å². The molecule has 0 saturated carbocycles. The Morgan fingerprint density at radius 2 is 1.83 bits per heavy atom. The van der Waals surface area contributed by atoms with E-state index in [0.29, 0.717) is 24.5 Å². The fraction of sp³-hybridized carbons (Fsp3) is 0.235. The molecular weight excluding hydrogens is 409 g/mol. The number of thioether (sulfide) groups is 1. The average molecular weight is 424 g/mol. The predicted molar refractivity (Wildman–Crippen MR) is 99.3 cm³/mol. The summed E-state index contributed by atoms with van der Waals surface area (Å²) in [5.41, 5.74) is -1.88. The first-order valence-electron chi connectivity index (χ1n) is 8.22. The van der Waals surface area contributed by atoms with Crippen LogP contribution in [0.5, 0.6) is 0 Å². The third-order valence-corrected chi connectivity index (χ3v) is 4.69. The zero-order valence-corrected chi connectivity index (χ0v) is 16.0. The van der Waals surface area contributed by atoms with Crippen LogP contribution in [0.3, 0.4) is 0 Å². The van der Waals surface area contributed by atoms with Crippen molar-refractivity contribution in [1.29, 1.82) is 0 Å². The van der Waals surface area contributed by atoms with Crippen molar-refractivity contribution < 1.29 is 13.2 Å². The van der Waals surface area contributed by atoms with E-state index < -0.39 is 35.4 Å². The van der Waals surface area contributed by atoms with Crippen LogP contribution in [0.2, 0.25) is 0 Å². The molecule has 0 bridgehead atoms. The fourth-order valence-corrected chi connectivity index (χ4v) is 3.15. The Kier molecular flexibility index (Phi) is 6.01. The Labute approximate surface area is 166 Å². The second-order valence-corrected chi connectivity index (χ2v) is 6.61. The largest absolute Gasteiger partial charge is 0.354 e. The van der Waals surface area contributed by atoms with Crippen LogP contribution in [0, 0.1) is 17.5 Å². The van der Waals surface area contributed by atoms with Crippen LogP contribution in [0.15, 0.2) is 45.9 Å². The summed E-state index contributed by atoms with van der Waals surface area (Å²) in [4.78, 5) is 33.1. The van der Waals surface area contributed by atoms with E-state index in [2.05, 4.69) is 21.6 Å². The second-order valence-electron chi connectivity index (χ2n) is 5.84. The molecule has 1 aromatic carbocycles. The number of hydrogen-bond donors (Lipinski definition) is 0. The van der Waals surface area contributed by atoms with Gasteiger partial charge in [0.15, 0.2) is 16.8 Å². The molecule has 3 rings (SSSR count). The lowest BCUT2D eigenvalue weighted by molar-refractivity contribution is 0.475. The van der Waals surface area contributed by atoms with E-state index in [0.717, 1.165) is 20.9 Å². The molecule has 0 aliphatic rings. The smallest absolute Gasteiger partial charge is 0.268 e. The van der Waals surface area contributed by atoms with Crippen molar-refractivity contribution in [3.05, 3.63) is 80.9 Å². The number of halogens is 3. The highest BCUT2D eigenvalue weighted by Crippen LogP contribution is 2.16. The standard InChI is InChI=1S/C17H15F3N6O2S/c1-3-4-26-14(21-9-22-26)8-24-15(27)23-16(29-2)25(17(24)28)7-10-5-12(19)13(20)6-11(10)18/h3,5-6,9H,1,4,7-8H2,2H3. The highest BCUT2D eigenvalue weighted by atomic mass is 32.2. The summed E-state index contributed by atoms with van der Waals surface area (Å²) in [6, 6.07) is 1.06. The maximum atomic E-state index is 14.1. The van der Waals surface area contributed by atoms with E-state index in [1.54, 1.807) is 12.3 Å². The molecule has 0 aliphatic heterocycles. The number of benzene rings is 1. The van der Waals surface area contributed by atoms with Gasteiger partial charge >= 0.3 is 11.4 Å². The van der Waals surface area contributed by atoms with Crippen molar-refractivity contribution in [1.82, 2.24) is 28.9 Å². The first-order valence-corrected chi connectivity index (χ1v) is 9.44. The number of rotatable bonds is 7. The van der Waals surface area contributed by atoms with Crippen molar-refractivity contribution in [2.75, 3.05) is 6.26 Å². The Morgan fingerprint density at radius 1 is 1.10 bits per heavy atom. The summed E-state index contributed by atoms with van der Waals surface area (Å²) in [7, 11) is 0. The minimum atomic E-state index is -1.34. The highest BCUT2D eigenvalue weighted by molar-refractivity contribution is 7.98. The molecule has 3 aromatic rings. The molecule has 0 amide bonds. The highest BCUT2D eigenvalue weighted by Gasteiger charge is 2.18. The molecule has 29 heavy (non-hydrogen) atoms. The molecule has 0 N–H and O–H groups in total. The SMILES string of the molecule is C=CCn1ncnc1Cn1c(=O)nc(SC)n(Cc2cc(F)c(F)cc2F)c1=O. The van der Waals surface area contributed by atoms with E-state index in [1.165, 1.54) is 11.0 Å². The first kappa shape index (κ1) is 20.6. The Hall–Kier alpha value is -3.15. The number of allylic oxidation sites excluding steroid dienone is 1. The molecular formula is C17H15F3N6O2S. The third kappa shape index (κ3) is 4.16. The van der Waals surface area contributed by atoms with Gasteiger partial charge in [0.1, 0.15) is 18.0 Å². The van der Waals surface area contributed by atoms with E-state index in [4.69, 9.17) is 0 Å². The minimum absolute atomic E-state index is 0.00735. The maximum absolute atomic E-state index is 14.1. The van der Waals surface area contributed by atoms with Gasteiger partial charge in [-0.1, -0.05) is 17.8 Å². The maximum Gasteiger partial charge on any atom is 0.354 e. The van der Waals surface area contributed by atoms with Crippen LogP contribution in [0.4, 0.5) is 13.2 Å². The molecule has 12 heteroatoms. The Balaban J connectivity index is 2.08. The van der Waals surface area contributed by atoms with Crippen LogP contribution in [0.1, 0.15) is 11.4 Å².